The van der Waals surface area contributed by atoms with Gasteiger partial charge >= 0.3 is 0 Å². The van der Waals surface area contributed by atoms with Crippen LogP contribution in [0.15, 0.2) is 91.0 Å². The van der Waals surface area contributed by atoms with Gasteiger partial charge in [-0.15, -0.1) is 0 Å². The van der Waals surface area contributed by atoms with Gasteiger partial charge in [-0.2, -0.15) is 4.98 Å². The molecular weight excluding hydrogens is 455 g/mol. The maximum Gasteiger partial charge on any atom is 0.225 e. The number of aromatic nitrogens is 1. The van der Waals surface area contributed by atoms with Crippen LogP contribution in [0.3, 0.4) is 0 Å². The minimum atomic E-state index is -0.333. The number of hydrogen-bond donors (Lipinski definition) is 0. The summed E-state index contributed by atoms with van der Waals surface area (Å²) in [5, 5.41) is 0. The van der Waals surface area contributed by atoms with Crippen molar-refractivity contribution in [2.24, 2.45) is 0 Å². The van der Waals surface area contributed by atoms with Crippen LogP contribution in [-0.4, -0.2) is 23.9 Å². The summed E-state index contributed by atoms with van der Waals surface area (Å²) in [6, 6.07) is 28.4. The molecule has 0 N–H and O–H groups in total. The summed E-state index contributed by atoms with van der Waals surface area (Å²) in [5.41, 5.74) is 3.88. The molecule has 4 aromatic rings. The lowest BCUT2D eigenvalue weighted by Crippen LogP contribution is -2.34. The third kappa shape index (κ3) is 5.71. The van der Waals surface area contributed by atoms with Gasteiger partial charge in [-0.3, -0.25) is 4.79 Å². The third-order valence-corrected chi connectivity index (χ3v) is 6.20. The lowest BCUT2D eigenvalue weighted by molar-refractivity contribution is -0.119. The molecule has 3 aromatic carbocycles. The largest absolute Gasteiger partial charge is 0.473 e. The SMILES string of the molecule is O=C1CCN(c2ccc(-c3ccc(OCc4ccccc4)nc3OCc3ccccc3)cc2F)CC1. The van der Waals surface area contributed by atoms with E-state index in [0.29, 0.717) is 67.7 Å². The Morgan fingerprint density at radius 2 is 1.42 bits per heavy atom. The predicted molar refractivity (Wildman–Crippen MR) is 138 cm³/mol. The van der Waals surface area contributed by atoms with Crippen molar-refractivity contribution in [2.75, 3.05) is 18.0 Å². The Balaban J connectivity index is 1.40. The quantitative estimate of drug-likeness (QED) is 0.299. The van der Waals surface area contributed by atoms with Crippen LogP contribution in [0.1, 0.15) is 24.0 Å². The van der Waals surface area contributed by atoms with Gasteiger partial charge in [0.25, 0.3) is 0 Å². The number of piperidine rings is 1. The van der Waals surface area contributed by atoms with Crippen molar-refractivity contribution in [1.29, 1.82) is 0 Å². The first kappa shape index (κ1) is 23.5. The number of pyridine rings is 1. The highest BCUT2D eigenvalue weighted by Gasteiger charge is 2.20. The molecule has 0 radical (unpaired) electrons. The maximum atomic E-state index is 15.2. The van der Waals surface area contributed by atoms with Crippen LogP contribution >= 0.6 is 0 Å². The lowest BCUT2D eigenvalue weighted by Gasteiger charge is -2.28. The number of rotatable bonds is 8. The molecular formula is C30H27FN2O3. The number of anilines is 1. The molecule has 2 heterocycles. The minimum absolute atomic E-state index is 0.226. The van der Waals surface area contributed by atoms with E-state index in [9.17, 15) is 4.79 Å². The minimum Gasteiger partial charge on any atom is -0.473 e. The fraction of sp³-hybridized carbons (Fsp3) is 0.200. The first-order chi connectivity index (χ1) is 17.7. The molecule has 182 valence electrons. The van der Waals surface area contributed by atoms with Gasteiger partial charge in [-0.05, 0) is 34.9 Å². The van der Waals surface area contributed by atoms with Crippen LogP contribution in [0, 0.1) is 5.82 Å². The molecule has 0 bridgehead atoms. The molecule has 0 saturated carbocycles. The Bertz CT molecular complexity index is 1320. The van der Waals surface area contributed by atoms with Crippen molar-refractivity contribution in [2.45, 2.75) is 26.1 Å². The third-order valence-electron chi connectivity index (χ3n) is 6.20. The molecule has 36 heavy (non-hydrogen) atoms. The van der Waals surface area contributed by atoms with Crippen molar-refractivity contribution in [3.63, 3.8) is 0 Å². The zero-order valence-corrected chi connectivity index (χ0v) is 19.9. The van der Waals surface area contributed by atoms with E-state index in [4.69, 9.17) is 9.47 Å². The van der Waals surface area contributed by atoms with Gasteiger partial charge in [0.2, 0.25) is 11.8 Å². The van der Waals surface area contributed by atoms with E-state index >= 15 is 4.39 Å². The lowest BCUT2D eigenvalue weighted by atomic mass is 10.0. The van der Waals surface area contributed by atoms with Crippen molar-refractivity contribution in [1.82, 2.24) is 4.98 Å². The van der Waals surface area contributed by atoms with Gasteiger partial charge < -0.3 is 14.4 Å². The van der Waals surface area contributed by atoms with E-state index in [1.54, 1.807) is 12.1 Å². The highest BCUT2D eigenvalue weighted by Crippen LogP contribution is 2.34. The van der Waals surface area contributed by atoms with Gasteiger partial charge in [-0.25, -0.2) is 4.39 Å². The molecule has 1 fully saturated rings. The molecule has 1 aromatic heterocycles. The van der Waals surface area contributed by atoms with E-state index in [1.165, 1.54) is 6.07 Å². The van der Waals surface area contributed by atoms with Gasteiger partial charge in [0.05, 0.1) is 5.69 Å². The monoisotopic (exact) mass is 482 g/mol. The van der Waals surface area contributed by atoms with Crippen molar-refractivity contribution >= 4 is 11.5 Å². The van der Waals surface area contributed by atoms with E-state index in [-0.39, 0.29) is 11.6 Å². The van der Waals surface area contributed by atoms with Gasteiger partial charge in [0, 0.05) is 37.6 Å². The molecule has 0 aliphatic carbocycles. The van der Waals surface area contributed by atoms with Crippen LogP contribution in [-0.2, 0) is 18.0 Å². The summed E-state index contributed by atoms with van der Waals surface area (Å²) in [6.07, 6.45) is 0.903. The number of hydrogen-bond acceptors (Lipinski definition) is 5. The molecule has 1 aliphatic heterocycles. The number of Topliss-reactive ketones (excluding diaryl/α,β-unsaturated/α-hetero) is 1. The number of carbonyl (C=O) groups excluding carboxylic acids is 1. The van der Waals surface area contributed by atoms with Gasteiger partial charge in [0.1, 0.15) is 24.8 Å². The Kier molecular flexibility index (Phi) is 7.22. The van der Waals surface area contributed by atoms with E-state index in [0.717, 1.165) is 11.1 Å². The average molecular weight is 483 g/mol. The predicted octanol–water partition coefficient (Wildman–Crippen LogP) is 6.22. The van der Waals surface area contributed by atoms with Crippen molar-refractivity contribution in [3.05, 3.63) is 108 Å². The fourth-order valence-corrected chi connectivity index (χ4v) is 4.22. The summed E-state index contributed by atoms with van der Waals surface area (Å²) in [5.74, 6) is 0.699. The summed E-state index contributed by atoms with van der Waals surface area (Å²) < 4.78 is 27.2. The number of benzene rings is 3. The molecule has 5 rings (SSSR count). The van der Waals surface area contributed by atoms with Crippen LogP contribution in [0.5, 0.6) is 11.8 Å². The molecule has 5 nitrogen and oxygen atoms in total. The summed E-state index contributed by atoms with van der Waals surface area (Å²) in [4.78, 5) is 18.1. The molecule has 0 atom stereocenters. The van der Waals surface area contributed by atoms with Crippen LogP contribution in [0.25, 0.3) is 11.1 Å². The van der Waals surface area contributed by atoms with Crippen molar-refractivity contribution < 1.29 is 18.7 Å². The Morgan fingerprint density at radius 3 is 2.06 bits per heavy atom. The molecule has 0 amide bonds. The first-order valence-electron chi connectivity index (χ1n) is 12.1. The van der Waals surface area contributed by atoms with E-state index in [1.807, 2.05) is 77.7 Å². The normalized spacial score (nSPS) is 13.5. The Labute approximate surface area is 210 Å². The number of ketones is 1. The number of halogens is 1. The second kappa shape index (κ2) is 11.0. The maximum absolute atomic E-state index is 15.2. The summed E-state index contributed by atoms with van der Waals surface area (Å²) in [6.45, 7) is 1.78. The van der Waals surface area contributed by atoms with E-state index in [2.05, 4.69) is 4.98 Å². The summed E-state index contributed by atoms with van der Waals surface area (Å²) in [7, 11) is 0. The van der Waals surface area contributed by atoms with Crippen LogP contribution in [0.2, 0.25) is 0 Å². The summed E-state index contributed by atoms with van der Waals surface area (Å²) >= 11 is 0. The molecule has 0 spiro atoms. The smallest absolute Gasteiger partial charge is 0.225 e. The first-order valence-corrected chi connectivity index (χ1v) is 12.1. The fourth-order valence-electron chi connectivity index (χ4n) is 4.22. The molecule has 1 saturated heterocycles. The standard InChI is InChI=1S/C30H27FN2O3/c31-27-19-24(11-13-28(27)33-17-15-25(34)16-18-33)26-12-14-29(35-20-22-7-3-1-4-8-22)32-30(26)36-21-23-9-5-2-6-10-23/h1-14,19H,15-18,20-21H2. The molecule has 6 heteroatoms. The highest BCUT2D eigenvalue weighted by molar-refractivity contribution is 5.81. The van der Waals surface area contributed by atoms with Gasteiger partial charge in [0.15, 0.2) is 0 Å². The van der Waals surface area contributed by atoms with Crippen LogP contribution < -0.4 is 14.4 Å². The Morgan fingerprint density at radius 1 is 0.778 bits per heavy atom. The topological polar surface area (TPSA) is 51.7 Å². The number of carbonyl (C=O) groups is 1. The van der Waals surface area contributed by atoms with Gasteiger partial charge in [-0.1, -0.05) is 66.7 Å². The van der Waals surface area contributed by atoms with E-state index < -0.39 is 0 Å². The highest BCUT2D eigenvalue weighted by atomic mass is 19.1. The average Bonchev–Trinajstić information content (AvgIpc) is 2.92. The second-order valence-electron chi connectivity index (χ2n) is 8.74. The van der Waals surface area contributed by atoms with Crippen LogP contribution in [0.4, 0.5) is 10.1 Å². The number of ether oxygens (including phenoxy) is 2. The second-order valence-corrected chi connectivity index (χ2v) is 8.74. The Hall–Kier alpha value is -4.19. The molecule has 0 unspecified atom stereocenters. The zero-order valence-electron chi connectivity index (χ0n) is 19.9. The van der Waals surface area contributed by atoms with Crippen molar-refractivity contribution in [3.8, 4) is 22.9 Å². The number of nitrogens with zero attached hydrogens (tertiary/aromatic N) is 2. The molecule has 1 aliphatic rings. The zero-order chi connectivity index (χ0) is 24.7.